The Labute approximate surface area is 153 Å². The fourth-order valence-corrected chi connectivity index (χ4v) is 3.44. The van der Waals surface area contributed by atoms with E-state index in [0.717, 1.165) is 12.2 Å². The summed E-state index contributed by atoms with van der Waals surface area (Å²) in [6.07, 6.45) is 0.868. The van der Waals surface area contributed by atoms with Crippen molar-refractivity contribution in [3.8, 4) is 5.75 Å². The highest BCUT2D eigenvalue weighted by Crippen LogP contribution is 2.38. The number of nitrogens with two attached hydrogens (primary N) is 1. The fraction of sp³-hybridized carbons (Fsp3) is 0.300. The maximum Gasteiger partial charge on any atom is 0.241 e. The SMILES string of the molecule is CCOc1ccc([C@H]2C[C@@H](c3ccc(C)cc3)n3nc(N)nc3N2)cc1. The minimum atomic E-state index is 0.0909. The zero-order valence-corrected chi connectivity index (χ0v) is 15.0. The smallest absolute Gasteiger partial charge is 0.241 e. The van der Waals surface area contributed by atoms with Crippen LogP contribution in [0.25, 0.3) is 0 Å². The molecule has 6 nitrogen and oxygen atoms in total. The van der Waals surface area contributed by atoms with E-state index in [1.807, 2.05) is 23.7 Å². The first-order valence-electron chi connectivity index (χ1n) is 8.92. The molecule has 1 aromatic heterocycles. The highest BCUT2D eigenvalue weighted by Gasteiger charge is 2.30. The van der Waals surface area contributed by atoms with Gasteiger partial charge in [-0.2, -0.15) is 4.98 Å². The number of hydrogen-bond acceptors (Lipinski definition) is 5. The molecule has 0 saturated carbocycles. The molecule has 4 rings (SSSR count). The minimum absolute atomic E-state index is 0.0909. The van der Waals surface area contributed by atoms with Crippen molar-refractivity contribution in [2.45, 2.75) is 32.4 Å². The summed E-state index contributed by atoms with van der Waals surface area (Å²) in [7, 11) is 0. The zero-order chi connectivity index (χ0) is 18.1. The largest absolute Gasteiger partial charge is 0.494 e. The standard InChI is InChI=1S/C20H23N5O/c1-3-26-16-10-8-14(9-11-16)17-12-18(15-6-4-13(2)5-7-15)25-20(22-17)23-19(21)24-25/h4-11,17-18H,3,12H2,1-2H3,(H3,21,22,23,24)/t17-,18+/m1/s1. The molecule has 2 heterocycles. The first-order valence-corrected chi connectivity index (χ1v) is 8.92. The van der Waals surface area contributed by atoms with E-state index in [1.165, 1.54) is 16.7 Å². The molecule has 26 heavy (non-hydrogen) atoms. The van der Waals surface area contributed by atoms with Gasteiger partial charge < -0.3 is 15.8 Å². The molecule has 0 aliphatic carbocycles. The van der Waals surface area contributed by atoms with E-state index in [4.69, 9.17) is 10.5 Å². The predicted octanol–water partition coefficient (Wildman–Crippen LogP) is 3.71. The summed E-state index contributed by atoms with van der Waals surface area (Å²) in [6.45, 7) is 4.74. The molecule has 6 heteroatoms. The third kappa shape index (κ3) is 3.10. The third-order valence-electron chi connectivity index (χ3n) is 4.76. The van der Waals surface area contributed by atoms with Crippen LogP contribution in [0.1, 0.15) is 42.1 Å². The Balaban J connectivity index is 1.67. The molecule has 1 aliphatic rings. The third-order valence-corrected chi connectivity index (χ3v) is 4.76. The van der Waals surface area contributed by atoms with Crippen LogP contribution in [0, 0.1) is 6.92 Å². The molecule has 2 aromatic carbocycles. The maximum atomic E-state index is 5.86. The van der Waals surface area contributed by atoms with Crippen LogP contribution in [0.4, 0.5) is 11.9 Å². The molecule has 0 bridgehead atoms. The molecule has 0 spiro atoms. The van der Waals surface area contributed by atoms with E-state index in [9.17, 15) is 0 Å². The topological polar surface area (TPSA) is 78.0 Å². The summed E-state index contributed by atoms with van der Waals surface area (Å²) in [5.74, 6) is 1.88. The van der Waals surface area contributed by atoms with Crippen molar-refractivity contribution < 1.29 is 4.74 Å². The van der Waals surface area contributed by atoms with Gasteiger partial charge in [0.2, 0.25) is 11.9 Å². The van der Waals surface area contributed by atoms with Crippen molar-refractivity contribution in [3.63, 3.8) is 0 Å². The fourth-order valence-electron chi connectivity index (χ4n) is 3.44. The summed E-state index contributed by atoms with van der Waals surface area (Å²) >= 11 is 0. The molecule has 0 unspecified atom stereocenters. The number of nitrogen functional groups attached to an aromatic ring is 1. The first kappa shape index (κ1) is 16.4. The van der Waals surface area contributed by atoms with Crippen molar-refractivity contribution >= 4 is 11.9 Å². The maximum absolute atomic E-state index is 5.86. The monoisotopic (exact) mass is 349 g/mol. The van der Waals surface area contributed by atoms with Gasteiger partial charge in [-0.15, -0.1) is 5.10 Å². The van der Waals surface area contributed by atoms with Crippen LogP contribution < -0.4 is 15.8 Å². The average Bonchev–Trinajstić information content (AvgIpc) is 3.03. The van der Waals surface area contributed by atoms with Crippen LogP contribution >= 0.6 is 0 Å². The van der Waals surface area contributed by atoms with Gasteiger partial charge in [0, 0.05) is 0 Å². The normalized spacial score (nSPS) is 18.8. The van der Waals surface area contributed by atoms with Crippen molar-refractivity contribution in [2.75, 3.05) is 17.7 Å². The lowest BCUT2D eigenvalue weighted by Crippen LogP contribution is -2.28. The lowest BCUT2D eigenvalue weighted by atomic mass is 9.93. The van der Waals surface area contributed by atoms with Gasteiger partial charge in [0.05, 0.1) is 18.7 Å². The number of nitrogens with one attached hydrogen (secondary N) is 1. The van der Waals surface area contributed by atoms with E-state index in [1.54, 1.807) is 0 Å². The Kier molecular flexibility index (Phi) is 4.24. The summed E-state index contributed by atoms with van der Waals surface area (Å²) in [5.41, 5.74) is 9.50. The number of hydrogen-bond donors (Lipinski definition) is 2. The number of aromatic nitrogens is 3. The van der Waals surface area contributed by atoms with E-state index in [2.05, 4.69) is 58.7 Å². The number of anilines is 2. The van der Waals surface area contributed by atoms with Crippen LogP contribution in [0.2, 0.25) is 0 Å². The van der Waals surface area contributed by atoms with E-state index in [-0.39, 0.29) is 18.0 Å². The molecule has 2 atom stereocenters. The van der Waals surface area contributed by atoms with Crippen LogP contribution in [0.5, 0.6) is 5.75 Å². The summed E-state index contributed by atoms with van der Waals surface area (Å²) in [6, 6.07) is 17.0. The van der Waals surface area contributed by atoms with Crippen molar-refractivity contribution in [3.05, 3.63) is 65.2 Å². The first-order chi connectivity index (χ1) is 12.6. The molecule has 134 valence electrons. The van der Waals surface area contributed by atoms with Gasteiger partial charge in [-0.25, -0.2) is 4.68 Å². The molecule has 0 fully saturated rings. The number of ether oxygens (including phenoxy) is 1. The van der Waals surface area contributed by atoms with Gasteiger partial charge in [0.25, 0.3) is 0 Å². The second-order valence-corrected chi connectivity index (χ2v) is 6.60. The number of nitrogens with zero attached hydrogens (tertiary/aromatic N) is 3. The molecule has 1 aliphatic heterocycles. The van der Waals surface area contributed by atoms with E-state index < -0.39 is 0 Å². The minimum Gasteiger partial charge on any atom is -0.494 e. The summed E-state index contributed by atoms with van der Waals surface area (Å²) < 4.78 is 7.44. The molecule has 3 N–H and O–H groups in total. The Morgan fingerprint density at radius 3 is 2.50 bits per heavy atom. The lowest BCUT2D eigenvalue weighted by Gasteiger charge is -2.31. The number of benzene rings is 2. The van der Waals surface area contributed by atoms with E-state index in [0.29, 0.717) is 12.6 Å². The average molecular weight is 349 g/mol. The molecular weight excluding hydrogens is 326 g/mol. The Hall–Kier alpha value is -3.02. The molecular formula is C20H23N5O. The van der Waals surface area contributed by atoms with Crippen LogP contribution in [-0.2, 0) is 0 Å². The lowest BCUT2D eigenvalue weighted by molar-refractivity contribution is 0.340. The quantitative estimate of drug-likeness (QED) is 0.751. The number of aryl methyl sites for hydroxylation is 1. The van der Waals surface area contributed by atoms with Crippen molar-refractivity contribution in [1.29, 1.82) is 0 Å². The van der Waals surface area contributed by atoms with Gasteiger partial charge in [0.1, 0.15) is 5.75 Å². The second kappa shape index (κ2) is 6.71. The highest BCUT2D eigenvalue weighted by atomic mass is 16.5. The highest BCUT2D eigenvalue weighted by molar-refractivity contribution is 5.42. The Bertz CT molecular complexity index is 886. The zero-order valence-electron chi connectivity index (χ0n) is 15.0. The predicted molar refractivity (Wildman–Crippen MR) is 102 cm³/mol. The van der Waals surface area contributed by atoms with Gasteiger partial charge in [0.15, 0.2) is 0 Å². The summed E-state index contributed by atoms with van der Waals surface area (Å²) in [5, 5.41) is 7.86. The van der Waals surface area contributed by atoms with Gasteiger partial charge >= 0.3 is 0 Å². The summed E-state index contributed by atoms with van der Waals surface area (Å²) in [4.78, 5) is 4.36. The molecule has 3 aromatic rings. The second-order valence-electron chi connectivity index (χ2n) is 6.60. The molecule has 0 radical (unpaired) electrons. The van der Waals surface area contributed by atoms with Crippen LogP contribution in [0.15, 0.2) is 48.5 Å². The van der Waals surface area contributed by atoms with E-state index >= 15 is 0 Å². The van der Waals surface area contributed by atoms with Crippen molar-refractivity contribution in [2.24, 2.45) is 0 Å². The van der Waals surface area contributed by atoms with Crippen LogP contribution in [-0.4, -0.2) is 21.4 Å². The number of rotatable bonds is 4. The van der Waals surface area contributed by atoms with Crippen molar-refractivity contribution in [1.82, 2.24) is 14.8 Å². The Morgan fingerprint density at radius 1 is 1.12 bits per heavy atom. The Morgan fingerprint density at radius 2 is 1.81 bits per heavy atom. The number of fused-ring (bicyclic) bond motifs is 1. The van der Waals surface area contributed by atoms with Gasteiger partial charge in [-0.05, 0) is 43.5 Å². The van der Waals surface area contributed by atoms with Gasteiger partial charge in [-0.3, -0.25) is 0 Å². The molecule has 0 saturated heterocycles. The van der Waals surface area contributed by atoms with Gasteiger partial charge in [-0.1, -0.05) is 42.0 Å². The van der Waals surface area contributed by atoms with Crippen LogP contribution in [0.3, 0.4) is 0 Å². The molecule has 0 amide bonds.